The number of nitrogens with zero attached hydrogens (tertiary/aromatic N) is 2. The average Bonchev–Trinajstić information content (AvgIpc) is 2.99. The van der Waals surface area contributed by atoms with Crippen LogP contribution in [0.25, 0.3) is 10.2 Å². The first kappa shape index (κ1) is 11.8. The minimum absolute atomic E-state index is 0.834. The molecule has 1 aromatic carbocycles. The molecule has 2 aromatic rings. The van der Waals surface area contributed by atoms with Crippen LogP contribution < -0.4 is 10.6 Å². The zero-order valence-corrected chi connectivity index (χ0v) is 11.5. The molecule has 2 heterocycles. The van der Waals surface area contributed by atoms with Crippen molar-refractivity contribution in [1.82, 2.24) is 4.98 Å². The van der Waals surface area contributed by atoms with Gasteiger partial charge in [-0.25, -0.2) is 4.98 Å². The lowest BCUT2D eigenvalue weighted by Gasteiger charge is -2.20. The third kappa shape index (κ3) is 1.94. The molecule has 0 saturated carbocycles. The van der Waals surface area contributed by atoms with E-state index in [2.05, 4.69) is 28.9 Å². The summed E-state index contributed by atoms with van der Waals surface area (Å²) in [6.45, 7) is 4.54. The first-order valence-electron chi connectivity index (χ1n) is 6.66. The maximum atomic E-state index is 6.27. The second-order valence-corrected chi connectivity index (χ2v) is 5.97. The number of aromatic nitrogens is 1. The van der Waals surface area contributed by atoms with Gasteiger partial charge in [0.15, 0.2) is 0 Å². The van der Waals surface area contributed by atoms with Gasteiger partial charge >= 0.3 is 0 Å². The zero-order chi connectivity index (χ0) is 12.5. The summed E-state index contributed by atoms with van der Waals surface area (Å²) in [4.78, 5) is 6.80. The third-order valence-electron chi connectivity index (χ3n) is 3.84. The van der Waals surface area contributed by atoms with Gasteiger partial charge in [-0.1, -0.05) is 13.3 Å². The normalized spacial score (nSPS) is 19.8. The monoisotopic (exact) mass is 261 g/mol. The fourth-order valence-corrected chi connectivity index (χ4v) is 3.61. The minimum atomic E-state index is 0.834. The maximum Gasteiger partial charge on any atom is 0.106 e. The van der Waals surface area contributed by atoms with Crippen LogP contribution in [0.5, 0.6) is 0 Å². The molecule has 1 aliphatic heterocycles. The molecule has 1 saturated heterocycles. The summed E-state index contributed by atoms with van der Waals surface area (Å²) in [5.41, 5.74) is 11.1. The Morgan fingerprint density at radius 2 is 2.39 bits per heavy atom. The smallest absolute Gasteiger partial charge is 0.106 e. The first-order chi connectivity index (χ1) is 8.79. The largest absolute Gasteiger partial charge is 0.395 e. The van der Waals surface area contributed by atoms with E-state index in [1.165, 1.54) is 29.6 Å². The molecule has 1 unspecified atom stereocenters. The Hall–Kier alpha value is -1.29. The Kier molecular flexibility index (Phi) is 3.12. The van der Waals surface area contributed by atoms with Crippen LogP contribution in [-0.4, -0.2) is 18.1 Å². The summed E-state index contributed by atoms with van der Waals surface area (Å²) in [6, 6.07) is 4.30. The lowest BCUT2D eigenvalue weighted by Crippen LogP contribution is -2.20. The number of nitrogen functional groups attached to an aromatic ring is 1. The summed E-state index contributed by atoms with van der Waals surface area (Å²) < 4.78 is 1.18. The molecular formula is C14H19N3S. The van der Waals surface area contributed by atoms with Gasteiger partial charge in [-0.2, -0.15) is 0 Å². The van der Waals surface area contributed by atoms with E-state index in [4.69, 9.17) is 5.73 Å². The third-order valence-corrected chi connectivity index (χ3v) is 4.64. The number of thiazole rings is 1. The van der Waals surface area contributed by atoms with Gasteiger partial charge in [0.25, 0.3) is 0 Å². The highest BCUT2D eigenvalue weighted by Gasteiger charge is 2.23. The maximum absolute atomic E-state index is 6.27. The van der Waals surface area contributed by atoms with Gasteiger partial charge in [-0.3, -0.25) is 0 Å². The fraction of sp³-hybridized carbons (Fsp3) is 0.500. The summed E-state index contributed by atoms with van der Waals surface area (Å²) in [5.74, 6) is 0.834. The highest BCUT2D eigenvalue weighted by molar-refractivity contribution is 7.16. The SMILES string of the molecule is CCCC1CCN(c2ccc3scnc3c2N)C1. The van der Waals surface area contributed by atoms with Crippen molar-refractivity contribution in [2.24, 2.45) is 5.92 Å². The molecule has 2 N–H and O–H groups in total. The van der Waals surface area contributed by atoms with E-state index in [0.717, 1.165) is 30.2 Å². The van der Waals surface area contributed by atoms with E-state index < -0.39 is 0 Å². The van der Waals surface area contributed by atoms with E-state index in [9.17, 15) is 0 Å². The van der Waals surface area contributed by atoms with Gasteiger partial charge < -0.3 is 10.6 Å². The second-order valence-electron chi connectivity index (χ2n) is 5.09. The lowest BCUT2D eigenvalue weighted by atomic mass is 10.0. The molecule has 0 amide bonds. The summed E-state index contributed by atoms with van der Waals surface area (Å²) in [6.07, 6.45) is 3.90. The number of hydrogen-bond acceptors (Lipinski definition) is 4. The Balaban J connectivity index is 1.88. The molecule has 1 aliphatic rings. The van der Waals surface area contributed by atoms with Crippen LogP contribution >= 0.6 is 11.3 Å². The van der Waals surface area contributed by atoms with Crippen LogP contribution in [0, 0.1) is 5.92 Å². The van der Waals surface area contributed by atoms with E-state index in [-0.39, 0.29) is 0 Å². The van der Waals surface area contributed by atoms with Gasteiger partial charge in [-0.05, 0) is 30.9 Å². The summed E-state index contributed by atoms with van der Waals surface area (Å²) >= 11 is 1.65. The molecule has 96 valence electrons. The van der Waals surface area contributed by atoms with Crippen LogP contribution in [0.1, 0.15) is 26.2 Å². The van der Waals surface area contributed by atoms with Crippen molar-refractivity contribution in [3.8, 4) is 0 Å². The number of fused-ring (bicyclic) bond motifs is 1. The molecule has 3 rings (SSSR count). The van der Waals surface area contributed by atoms with Crippen molar-refractivity contribution in [3.05, 3.63) is 17.6 Å². The average molecular weight is 261 g/mol. The van der Waals surface area contributed by atoms with Crippen LogP contribution in [0.3, 0.4) is 0 Å². The molecule has 4 heteroatoms. The first-order valence-corrected chi connectivity index (χ1v) is 7.54. The van der Waals surface area contributed by atoms with Gasteiger partial charge in [0, 0.05) is 13.1 Å². The van der Waals surface area contributed by atoms with Gasteiger partial charge in [0.05, 0.1) is 21.6 Å². The Labute approximate surface area is 112 Å². The van der Waals surface area contributed by atoms with Crippen LogP contribution in [0.4, 0.5) is 11.4 Å². The number of hydrogen-bond donors (Lipinski definition) is 1. The van der Waals surface area contributed by atoms with Gasteiger partial charge in [0.1, 0.15) is 5.52 Å². The molecule has 1 atom stereocenters. The molecule has 1 fully saturated rings. The van der Waals surface area contributed by atoms with Crippen molar-refractivity contribution in [3.63, 3.8) is 0 Å². The summed E-state index contributed by atoms with van der Waals surface area (Å²) in [5, 5.41) is 0. The Morgan fingerprint density at radius 1 is 1.50 bits per heavy atom. The van der Waals surface area contributed by atoms with Crippen LogP contribution in [0.2, 0.25) is 0 Å². The Bertz CT molecular complexity index is 549. The molecule has 0 spiro atoms. The van der Waals surface area contributed by atoms with Crippen molar-refractivity contribution < 1.29 is 0 Å². The van der Waals surface area contributed by atoms with E-state index in [1.54, 1.807) is 11.3 Å². The van der Waals surface area contributed by atoms with E-state index in [0.29, 0.717) is 0 Å². The quantitative estimate of drug-likeness (QED) is 0.860. The Morgan fingerprint density at radius 3 is 3.22 bits per heavy atom. The van der Waals surface area contributed by atoms with E-state index >= 15 is 0 Å². The number of nitrogens with two attached hydrogens (primary N) is 1. The van der Waals surface area contributed by atoms with Crippen molar-refractivity contribution in [2.45, 2.75) is 26.2 Å². The highest BCUT2D eigenvalue weighted by Crippen LogP contribution is 2.35. The molecule has 0 bridgehead atoms. The number of anilines is 2. The van der Waals surface area contributed by atoms with Crippen LogP contribution in [-0.2, 0) is 0 Å². The summed E-state index contributed by atoms with van der Waals surface area (Å²) in [7, 11) is 0. The van der Waals surface area contributed by atoms with Crippen molar-refractivity contribution >= 4 is 32.9 Å². The predicted molar refractivity (Wildman–Crippen MR) is 79.3 cm³/mol. The molecular weight excluding hydrogens is 242 g/mol. The van der Waals surface area contributed by atoms with Crippen molar-refractivity contribution in [2.75, 3.05) is 23.7 Å². The van der Waals surface area contributed by atoms with Crippen molar-refractivity contribution in [1.29, 1.82) is 0 Å². The standard InChI is InChI=1S/C14H19N3S/c1-2-3-10-6-7-17(8-10)11-4-5-12-14(13(11)15)16-9-18-12/h4-5,9-10H,2-3,6-8,15H2,1H3. The topological polar surface area (TPSA) is 42.2 Å². The van der Waals surface area contributed by atoms with E-state index in [1.807, 2.05) is 5.51 Å². The zero-order valence-electron chi connectivity index (χ0n) is 10.7. The van der Waals surface area contributed by atoms with Gasteiger partial charge in [-0.15, -0.1) is 11.3 Å². The fourth-order valence-electron chi connectivity index (χ4n) is 2.91. The molecule has 0 aliphatic carbocycles. The highest BCUT2D eigenvalue weighted by atomic mass is 32.1. The number of rotatable bonds is 3. The minimum Gasteiger partial charge on any atom is -0.395 e. The molecule has 18 heavy (non-hydrogen) atoms. The lowest BCUT2D eigenvalue weighted by molar-refractivity contribution is 0.530. The molecule has 3 nitrogen and oxygen atoms in total. The van der Waals surface area contributed by atoms with Crippen LogP contribution in [0.15, 0.2) is 17.6 Å². The second kappa shape index (κ2) is 4.76. The van der Waals surface area contributed by atoms with Gasteiger partial charge in [0.2, 0.25) is 0 Å². The number of benzene rings is 1. The predicted octanol–water partition coefficient (Wildman–Crippen LogP) is 3.50. The molecule has 0 radical (unpaired) electrons. The molecule has 1 aromatic heterocycles.